The standard InChI is InChI=1S/C16H28O/c1-3-13-9-5-6-10-14(13)15(17)16(4-2)11-7-8-12-16/h13-14H,3-12H2,1-2H3. The third-order valence-electron chi connectivity index (χ3n) is 5.53. The van der Waals surface area contributed by atoms with Crippen LogP contribution in [-0.4, -0.2) is 5.78 Å². The van der Waals surface area contributed by atoms with Crippen molar-refractivity contribution in [2.24, 2.45) is 17.3 Å². The molecule has 2 saturated carbocycles. The van der Waals surface area contributed by atoms with Crippen molar-refractivity contribution in [2.75, 3.05) is 0 Å². The summed E-state index contributed by atoms with van der Waals surface area (Å²) in [6, 6.07) is 0. The van der Waals surface area contributed by atoms with E-state index in [4.69, 9.17) is 0 Å². The van der Waals surface area contributed by atoms with Gasteiger partial charge in [-0.3, -0.25) is 4.79 Å². The van der Waals surface area contributed by atoms with Crippen LogP contribution in [0.1, 0.15) is 78.1 Å². The molecular formula is C16H28O. The molecule has 0 aromatic carbocycles. The molecule has 0 spiro atoms. The molecule has 0 amide bonds. The molecule has 0 saturated heterocycles. The van der Waals surface area contributed by atoms with Gasteiger partial charge < -0.3 is 0 Å². The molecule has 1 heteroatoms. The first-order valence-electron chi connectivity index (χ1n) is 7.78. The quantitative estimate of drug-likeness (QED) is 0.689. The second-order valence-electron chi connectivity index (χ2n) is 6.26. The van der Waals surface area contributed by atoms with Gasteiger partial charge in [-0.2, -0.15) is 0 Å². The topological polar surface area (TPSA) is 17.1 Å². The second-order valence-corrected chi connectivity index (χ2v) is 6.26. The van der Waals surface area contributed by atoms with Crippen LogP contribution in [-0.2, 0) is 4.79 Å². The molecule has 0 N–H and O–H groups in total. The van der Waals surface area contributed by atoms with Gasteiger partial charge in [-0.1, -0.05) is 46.0 Å². The zero-order valence-corrected chi connectivity index (χ0v) is 11.6. The number of hydrogen-bond acceptors (Lipinski definition) is 1. The Morgan fingerprint density at radius 1 is 1.06 bits per heavy atom. The summed E-state index contributed by atoms with van der Waals surface area (Å²) in [5.74, 6) is 1.76. The first-order valence-corrected chi connectivity index (χ1v) is 7.78. The summed E-state index contributed by atoms with van der Waals surface area (Å²) in [4.78, 5) is 12.9. The van der Waals surface area contributed by atoms with Gasteiger partial charge in [0.25, 0.3) is 0 Å². The largest absolute Gasteiger partial charge is 0.299 e. The maximum absolute atomic E-state index is 12.9. The van der Waals surface area contributed by atoms with Crippen LogP contribution < -0.4 is 0 Å². The summed E-state index contributed by atoms with van der Waals surface area (Å²) in [7, 11) is 0. The first-order chi connectivity index (χ1) is 8.23. The Bertz CT molecular complexity index is 263. The lowest BCUT2D eigenvalue weighted by Gasteiger charge is -2.37. The van der Waals surface area contributed by atoms with Crippen LogP contribution >= 0.6 is 0 Å². The normalized spacial score (nSPS) is 32.6. The number of ketones is 1. The van der Waals surface area contributed by atoms with E-state index in [9.17, 15) is 4.79 Å². The fourth-order valence-corrected chi connectivity index (χ4v) is 4.26. The molecule has 0 heterocycles. The van der Waals surface area contributed by atoms with Gasteiger partial charge in [0, 0.05) is 11.3 Å². The third kappa shape index (κ3) is 2.44. The molecule has 0 aromatic heterocycles. The van der Waals surface area contributed by atoms with Gasteiger partial charge in [0.05, 0.1) is 0 Å². The molecule has 2 aliphatic rings. The van der Waals surface area contributed by atoms with E-state index in [1.54, 1.807) is 0 Å². The summed E-state index contributed by atoms with van der Waals surface area (Å²) in [5.41, 5.74) is 0.0927. The molecule has 0 aromatic rings. The summed E-state index contributed by atoms with van der Waals surface area (Å²) < 4.78 is 0. The Labute approximate surface area is 106 Å². The molecule has 2 aliphatic carbocycles. The van der Waals surface area contributed by atoms with E-state index in [2.05, 4.69) is 13.8 Å². The van der Waals surface area contributed by atoms with E-state index in [1.807, 2.05) is 0 Å². The highest BCUT2D eigenvalue weighted by Crippen LogP contribution is 2.47. The minimum atomic E-state index is 0.0927. The Morgan fingerprint density at radius 2 is 1.71 bits per heavy atom. The highest BCUT2D eigenvalue weighted by Gasteiger charge is 2.44. The Hall–Kier alpha value is -0.330. The Morgan fingerprint density at radius 3 is 2.29 bits per heavy atom. The van der Waals surface area contributed by atoms with Gasteiger partial charge >= 0.3 is 0 Å². The van der Waals surface area contributed by atoms with Gasteiger partial charge in [-0.15, -0.1) is 0 Å². The fraction of sp³-hybridized carbons (Fsp3) is 0.938. The number of carbonyl (C=O) groups is 1. The molecule has 0 bridgehead atoms. The van der Waals surface area contributed by atoms with Crippen molar-refractivity contribution in [1.82, 2.24) is 0 Å². The summed E-state index contributed by atoms with van der Waals surface area (Å²) >= 11 is 0. The van der Waals surface area contributed by atoms with Crippen LogP contribution in [0.5, 0.6) is 0 Å². The molecule has 2 rings (SSSR count). The summed E-state index contributed by atoms with van der Waals surface area (Å²) in [6.45, 7) is 4.50. The van der Waals surface area contributed by atoms with Crippen molar-refractivity contribution < 1.29 is 4.79 Å². The lowest BCUT2D eigenvalue weighted by molar-refractivity contribution is -0.136. The summed E-state index contributed by atoms with van der Waals surface area (Å²) in [5, 5.41) is 0. The van der Waals surface area contributed by atoms with Crippen LogP contribution in [0.15, 0.2) is 0 Å². The van der Waals surface area contributed by atoms with Crippen molar-refractivity contribution >= 4 is 5.78 Å². The molecule has 0 aliphatic heterocycles. The molecule has 2 fully saturated rings. The number of rotatable bonds is 4. The molecule has 2 unspecified atom stereocenters. The van der Waals surface area contributed by atoms with Crippen LogP contribution in [0.25, 0.3) is 0 Å². The van der Waals surface area contributed by atoms with Gasteiger partial charge in [-0.25, -0.2) is 0 Å². The van der Waals surface area contributed by atoms with Crippen LogP contribution in [0.3, 0.4) is 0 Å². The lowest BCUT2D eigenvalue weighted by atomic mass is 9.66. The number of hydrogen-bond donors (Lipinski definition) is 0. The molecule has 17 heavy (non-hydrogen) atoms. The zero-order valence-electron chi connectivity index (χ0n) is 11.6. The van der Waals surface area contributed by atoms with Crippen LogP contribution in [0.2, 0.25) is 0 Å². The van der Waals surface area contributed by atoms with E-state index < -0.39 is 0 Å². The highest BCUT2D eigenvalue weighted by molar-refractivity contribution is 5.87. The van der Waals surface area contributed by atoms with E-state index in [1.165, 1.54) is 57.8 Å². The van der Waals surface area contributed by atoms with Crippen LogP contribution in [0, 0.1) is 17.3 Å². The SMILES string of the molecule is CCC1CCCCC1C(=O)C1(CC)CCCC1. The maximum atomic E-state index is 12.9. The molecule has 2 atom stereocenters. The predicted octanol–water partition coefficient (Wildman–Crippen LogP) is 4.74. The highest BCUT2D eigenvalue weighted by atomic mass is 16.1. The fourth-order valence-electron chi connectivity index (χ4n) is 4.26. The average Bonchev–Trinajstić information content (AvgIpc) is 2.88. The average molecular weight is 236 g/mol. The van der Waals surface area contributed by atoms with Gasteiger partial charge in [0.15, 0.2) is 0 Å². The Kier molecular flexibility index (Phi) is 4.27. The number of carbonyl (C=O) groups excluding carboxylic acids is 1. The minimum Gasteiger partial charge on any atom is -0.299 e. The van der Waals surface area contributed by atoms with Gasteiger partial charge in [0.1, 0.15) is 5.78 Å². The third-order valence-corrected chi connectivity index (χ3v) is 5.53. The van der Waals surface area contributed by atoms with E-state index in [0.717, 1.165) is 6.42 Å². The number of Topliss-reactive ketones (excluding diaryl/α,β-unsaturated/α-hetero) is 1. The van der Waals surface area contributed by atoms with Crippen molar-refractivity contribution in [3.05, 3.63) is 0 Å². The molecule has 1 nitrogen and oxygen atoms in total. The minimum absolute atomic E-state index is 0.0927. The Balaban J connectivity index is 2.11. The van der Waals surface area contributed by atoms with E-state index in [-0.39, 0.29) is 5.41 Å². The van der Waals surface area contributed by atoms with E-state index >= 15 is 0 Å². The molecule has 0 radical (unpaired) electrons. The van der Waals surface area contributed by atoms with Crippen molar-refractivity contribution in [2.45, 2.75) is 78.1 Å². The van der Waals surface area contributed by atoms with Crippen molar-refractivity contribution in [3.8, 4) is 0 Å². The molecular weight excluding hydrogens is 208 g/mol. The predicted molar refractivity (Wildman–Crippen MR) is 71.9 cm³/mol. The van der Waals surface area contributed by atoms with E-state index in [0.29, 0.717) is 17.6 Å². The smallest absolute Gasteiger partial charge is 0.142 e. The van der Waals surface area contributed by atoms with Crippen LogP contribution in [0.4, 0.5) is 0 Å². The van der Waals surface area contributed by atoms with Crippen molar-refractivity contribution in [3.63, 3.8) is 0 Å². The first kappa shape index (κ1) is 13.1. The lowest BCUT2D eigenvalue weighted by Crippen LogP contribution is -2.38. The molecule has 98 valence electrons. The second kappa shape index (κ2) is 5.54. The summed E-state index contributed by atoms with van der Waals surface area (Å²) in [6.07, 6.45) is 12.3. The van der Waals surface area contributed by atoms with Crippen molar-refractivity contribution in [1.29, 1.82) is 0 Å². The monoisotopic (exact) mass is 236 g/mol. The van der Waals surface area contributed by atoms with Gasteiger partial charge in [-0.05, 0) is 38.0 Å². The maximum Gasteiger partial charge on any atom is 0.142 e. The van der Waals surface area contributed by atoms with Gasteiger partial charge in [0.2, 0.25) is 0 Å². The zero-order chi connectivity index (χ0) is 12.3.